The molecule has 2 aliphatic carbocycles. The molecule has 0 N–H and O–H groups in total. The van der Waals surface area contributed by atoms with Gasteiger partial charge in [0.1, 0.15) is 0 Å². The van der Waals surface area contributed by atoms with Gasteiger partial charge in [-0.25, -0.2) is 0 Å². The molecule has 2 fully saturated rings. The van der Waals surface area contributed by atoms with E-state index >= 15 is 0 Å². The molecule has 2 saturated carbocycles. The SMILES string of the molecule is CCC(CBr)(CBr)CC1CC2CCC1C2. The summed E-state index contributed by atoms with van der Waals surface area (Å²) in [6.07, 6.45) is 8.89. The summed E-state index contributed by atoms with van der Waals surface area (Å²) in [4.78, 5) is 0. The largest absolute Gasteiger partial charge is 0.0922 e. The summed E-state index contributed by atoms with van der Waals surface area (Å²) in [5.74, 6) is 3.22. The third-order valence-electron chi connectivity index (χ3n) is 4.90. The highest BCUT2D eigenvalue weighted by Gasteiger charge is 2.42. The predicted octanol–water partition coefficient (Wildman–Crippen LogP) is 5.00. The van der Waals surface area contributed by atoms with Crippen molar-refractivity contribution < 1.29 is 0 Å². The van der Waals surface area contributed by atoms with Gasteiger partial charge in [0.15, 0.2) is 0 Å². The second kappa shape index (κ2) is 5.08. The van der Waals surface area contributed by atoms with E-state index in [-0.39, 0.29) is 0 Å². The molecule has 15 heavy (non-hydrogen) atoms. The van der Waals surface area contributed by atoms with Crippen molar-refractivity contribution in [2.75, 3.05) is 10.7 Å². The van der Waals surface area contributed by atoms with Crippen molar-refractivity contribution >= 4 is 31.9 Å². The van der Waals surface area contributed by atoms with Crippen molar-refractivity contribution in [3.8, 4) is 0 Å². The first-order chi connectivity index (χ1) is 7.23. The summed E-state index contributed by atoms with van der Waals surface area (Å²) in [6, 6.07) is 0. The van der Waals surface area contributed by atoms with Gasteiger partial charge in [0.25, 0.3) is 0 Å². The van der Waals surface area contributed by atoms with Crippen LogP contribution in [0, 0.1) is 23.2 Å². The van der Waals surface area contributed by atoms with Crippen LogP contribution in [-0.2, 0) is 0 Å². The minimum absolute atomic E-state index is 0.523. The first kappa shape index (κ1) is 12.4. The Labute approximate surface area is 111 Å². The van der Waals surface area contributed by atoms with Gasteiger partial charge in [-0.1, -0.05) is 45.2 Å². The lowest BCUT2D eigenvalue weighted by molar-refractivity contribution is 0.212. The molecule has 2 bridgehead atoms. The number of hydrogen-bond donors (Lipinski definition) is 0. The molecule has 2 aliphatic rings. The maximum atomic E-state index is 3.72. The van der Waals surface area contributed by atoms with Crippen LogP contribution in [0.4, 0.5) is 0 Å². The summed E-state index contributed by atoms with van der Waals surface area (Å²) in [5.41, 5.74) is 0.523. The van der Waals surface area contributed by atoms with Crippen LogP contribution in [0.1, 0.15) is 45.4 Å². The van der Waals surface area contributed by atoms with E-state index in [9.17, 15) is 0 Å². The van der Waals surface area contributed by atoms with E-state index in [0.29, 0.717) is 5.41 Å². The maximum absolute atomic E-state index is 3.72. The van der Waals surface area contributed by atoms with E-state index in [1.807, 2.05) is 0 Å². The molecule has 0 aromatic carbocycles. The van der Waals surface area contributed by atoms with Gasteiger partial charge in [0.2, 0.25) is 0 Å². The minimum atomic E-state index is 0.523. The van der Waals surface area contributed by atoms with Crippen LogP contribution in [-0.4, -0.2) is 10.7 Å². The van der Waals surface area contributed by atoms with Crippen LogP contribution in [0.5, 0.6) is 0 Å². The summed E-state index contributed by atoms with van der Waals surface area (Å²) in [6.45, 7) is 2.34. The van der Waals surface area contributed by atoms with Crippen molar-refractivity contribution in [3.05, 3.63) is 0 Å². The Hall–Kier alpha value is 0.960. The van der Waals surface area contributed by atoms with Crippen molar-refractivity contribution in [1.82, 2.24) is 0 Å². The number of hydrogen-bond acceptors (Lipinski definition) is 0. The molecule has 0 amide bonds. The zero-order chi connectivity index (χ0) is 10.9. The smallest absolute Gasteiger partial charge is 0.00959 e. The van der Waals surface area contributed by atoms with Gasteiger partial charge in [-0.2, -0.15) is 0 Å². The van der Waals surface area contributed by atoms with E-state index in [4.69, 9.17) is 0 Å². The Morgan fingerprint density at radius 2 is 1.87 bits per heavy atom. The van der Waals surface area contributed by atoms with Crippen LogP contribution in [0.25, 0.3) is 0 Å². The van der Waals surface area contributed by atoms with Gasteiger partial charge >= 0.3 is 0 Å². The van der Waals surface area contributed by atoms with E-state index in [1.54, 1.807) is 6.42 Å². The Bertz CT molecular complexity index is 202. The van der Waals surface area contributed by atoms with Gasteiger partial charge < -0.3 is 0 Å². The fourth-order valence-electron chi connectivity index (χ4n) is 3.66. The molecule has 0 spiro atoms. The molecule has 0 nitrogen and oxygen atoms in total. The van der Waals surface area contributed by atoms with E-state index in [2.05, 4.69) is 38.8 Å². The lowest BCUT2D eigenvalue weighted by Gasteiger charge is -2.34. The Kier molecular flexibility index (Phi) is 4.20. The van der Waals surface area contributed by atoms with Crippen LogP contribution < -0.4 is 0 Å². The molecule has 0 aromatic rings. The molecule has 0 aliphatic heterocycles. The zero-order valence-corrected chi connectivity index (χ0v) is 12.8. The molecule has 88 valence electrons. The van der Waals surface area contributed by atoms with Gasteiger partial charge in [-0.15, -0.1) is 0 Å². The molecular formula is C13H22Br2. The van der Waals surface area contributed by atoms with Crippen LogP contribution in [0.15, 0.2) is 0 Å². The van der Waals surface area contributed by atoms with Crippen molar-refractivity contribution in [3.63, 3.8) is 0 Å². The van der Waals surface area contributed by atoms with Crippen LogP contribution in [0.2, 0.25) is 0 Å². The first-order valence-corrected chi connectivity index (χ1v) is 8.59. The molecule has 2 heteroatoms. The highest BCUT2D eigenvalue weighted by atomic mass is 79.9. The van der Waals surface area contributed by atoms with Crippen molar-refractivity contribution in [2.24, 2.45) is 23.2 Å². The second-order valence-electron chi connectivity index (χ2n) is 5.76. The lowest BCUT2D eigenvalue weighted by Crippen LogP contribution is -2.29. The molecular weight excluding hydrogens is 316 g/mol. The molecule has 0 saturated heterocycles. The summed E-state index contributed by atoms with van der Waals surface area (Å²) >= 11 is 7.45. The third kappa shape index (κ3) is 2.46. The fourth-order valence-corrected chi connectivity index (χ4v) is 5.84. The molecule has 2 rings (SSSR count). The standard InChI is InChI=1S/C13H22Br2/c1-2-13(8-14,9-15)7-12-6-10-3-4-11(12)5-10/h10-12H,2-9H2,1H3. The van der Waals surface area contributed by atoms with Gasteiger partial charge in [-0.05, 0) is 55.3 Å². The van der Waals surface area contributed by atoms with Crippen LogP contribution in [0.3, 0.4) is 0 Å². The fraction of sp³-hybridized carbons (Fsp3) is 1.00. The topological polar surface area (TPSA) is 0 Å². The molecule has 0 heterocycles. The monoisotopic (exact) mass is 336 g/mol. The number of fused-ring (bicyclic) bond motifs is 2. The summed E-state index contributed by atoms with van der Waals surface area (Å²) < 4.78 is 0. The average Bonchev–Trinajstić information content (AvgIpc) is 2.88. The summed E-state index contributed by atoms with van der Waals surface area (Å²) in [5, 5.41) is 2.32. The molecule has 0 aromatic heterocycles. The Morgan fingerprint density at radius 3 is 2.27 bits per heavy atom. The Balaban J connectivity index is 1.95. The Morgan fingerprint density at radius 1 is 1.13 bits per heavy atom. The first-order valence-electron chi connectivity index (χ1n) is 6.35. The van der Waals surface area contributed by atoms with Gasteiger partial charge in [-0.3, -0.25) is 0 Å². The molecule has 3 atom stereocenters. The lowest BCUT2D eigenvalue weighted by atomic mass is 9.75. The highest BCUT2D eigenvalue weighted by Crippen LogP contribution is 2.52. The zero-order valence-electron chi connectivity index (χ0n) is 9.64. The van der Waals surface area contributed by atoms with E-state index in [1.165, 1.54) is 32.1 Å². The van der Waals surface area contributed by atoms with Crippen molar-refractivity contribution in [2.45, 2.75) is 45.4 Å². The van der Waals surface area contributed by atoms with E-state index in [0.717, 1.165) is 28.4 Å². The second-order valence-corrected chi connectivity index (χ2v) is 6.88. The minimum Gasteiger partial charge on any atom is -0.0922 e. The third-order valence-corrected chi connectivity index (χ3v) is 7.28. The summed E-state index contributed by atoms with van der Waals surface area (Å²) in [7, 11) is 0. The quantitative estimate of drug-likeness (QED) is 0.619. The van der Waals surface area contributed by atoms with Gasteiger partial charge in [0, 0.05) is 10.7 Å². The van der Waals surface area contributed by atoms with Crippen LogP contribution >= 0.6 is 31.9 Å². The number of halogens is 2. The number of alkyl halides is 2. The maximum Gasteiger partial charge on any atom is 0.00959 e. The molecule has 3 unspecified atom stereocenters. The number of rotatable bonds is 5. The predicted molar refractivity (Wildman–Crippen MR) is 73.9 cm³/mol. The highest BCUT2D eigenvalue weighted by molar-refractivity contribution is 9.09. The van der Waals surface area contributed by atoms with E-state index < -0.39 is 0 Å². The average molecular weight is 338 g/mol. The normalized spacial score (nSPS) is 35.0. The van der Waals surface area contributed by atoms with Crippen molar-refractivity contribution in [1.29, 1.82) is 0 Å². The molecule has 0 radical (unpaired) electrons. The van der Waals surface area contributed by atoms with Gasteiger partial charge in [0.05, 0.1) is 0 Å².